The first-order chi connectivity index (χ1) is 15.0. The number of anilines is 3. The highest BCUT2D eigenvalue weighted by atomic mass is 35.5. The third kappa shape index (κ3) is 4.88. The largest absolute Gasteiger partial charge is 0.506 e. The van der Waals surface area contributed by atoms with E-state index in [2.05, 4.69) is 38.2 Å². The molecule has 1 fully saturated rings. The molecule has 158 valence electrons. The number of halogens is 1. The van der Waals surface area contributed by atoms with Gasteiger partial charge < -0.3 is 20.2 Å². The number of nitrogens with one attached hydrogen (secondary N) is 1. The molecule has 0 saturated carbocycles. The number of phenolic OH excluding ortho intramolecular Hbond substituents is 1. The van der Waals surface area contributed by atoms with Gasteiger partial charge in [-0.25, -0.2) is 9.97 Å². The predicted molar refractivity (Wildman–Crippen MR) is 123 cm³/mol. The van der Waals surface area contributed by atoms with Crippen molar-refractivity contribution < 1.29 is 5.11 Å². The Kier molecular flexibility index (Phi) is 6.21. The number of nitriles is 1. The number of phenols is 1. The van der Waals surface area contributed by atoms with Crippen molar-refractivity contribution >= 4 is 28.9 Å². The Morgan fingerprint density at radius 1 is 1.16 bits per heavy atom. The highest BCUT2D eigenvalue weighted by Crippen LogP contribution is 2.32. The van der Waals surface area contributed by atoms with E-state index in [9.17, 15) is 5.11 Å². The van der Waals surface area contributed by atoms with Crippen LogP contribution in [-0.2, 0) is 6.42 Å². The van der Waals surface area contributed by atoms with Crippen LogP contribution in [0.15, 0.2) is 48.7 Å². The van der Waals surface area contributed by atoms with Gasteiger partial charge in [0.15, 0.2) is 0 Å². The van der Waals surface area contributed by atoms with E-state index in [1.807, 2.05) is 36.4 Å². The summed E-state index contributed by atoms with van der Waals surface area (Å²) in [5.74, 6) is 0.588. The molecule has 1 saturated heterocycles. The molecule has 2 N–H and O–H groups in total. The Balaban J connectivity index is 1.55. The van der Waals surface area contributed by atoms with Gasteiger partial charge in [0.25, 0.3) is 0 Å². The van der Waals surface area contributed by atoms with E-state index >= 15 is 0 Å². The summed E-state index contributed by atoms with van der Waals surface area (Å²) in [6.07, 6.45) is 1.86. The maximum absolute atomic E-state index is 10.6. The van der Waals surface area contributed by atoms with Gasteiger partial charge in [0.05, 0.1) is 35.1 Å². The lowest BCUT2D eigenvalue weighted by atomic mass is 10.1. The van der Waals surface area contributed by atoms with Crippen molar-refractivity contribution in [3.63, 3.8) is 0 Å². The molecule has 0 radical (unpaired) electrons. The Bertz CT molecular complexity index is 1120. The Labute approximate surface area is 186 Å². The van der Waals surface area contributed by atoms with E-state index in [-0.39, 0.29) is 5.75 Å². The van der Waals surface area contributed by atoms with Crippen LogP contribution >= 0.6 is 11.6 Å². The van der Waals surface area contributed by atoms with Crippen LogP contribution in [0.3, 0.4) is 0 Å². The molecule has 1 aliphatic heterocycles. The van der Waals surface area contributed by atoms with Crippen molar-refractivity contribution in [2.45, 2.75) is 6.42 Å². The molecule has 8 heteroatoms. The number of nitrogens with zero attached hydrogens (tertiary/aromatic N) is 5. The van der Waals surface area contributed by atoms with Crippen LogP contribution in [-0.4, -0.2) is 53.2 Å². The fourth-order valence-corrected chi connectivity index (χ4v) is 3.79. The highest BCUT2D eigenvalue weighted by molar-refractivity contribution is 6.32. The molecule has 1 aromatic heterocycles. The predicted octanol–water partition coefficient (Wildman–Crippen LogP) is 4.06. The normalized spacial score (nSPS) is 14.3. The topological polar surface area (TPSA) is 88.3 Å². The standard InChI is InChI=1S/C23H23ClN6O/c1-29-9-11-30(12-10-29)20-6-5-18(14-21(20)31)27-23-26-15-19(24)22(28-23)17-4-2-3-16(13-17)7-8-25/h2-6,13-15,31H,7,9-12H2,1H3,(H,26,27,28). The van der Waals surface area contributed by atoms with Crippen LogP contribution in [0.2, 0.25) is 5.02 Å². The third-order valence-electron chi connectivity index (χ3n) is 5.30. The molecule has 7 nitrogen and oxygen atoms in total. The number of hydrogen-bond acceptors (Lipinski definition) is 7. The number of likely N-dealkylation sites (N-methyl/N-ethyl adjacent to an activating group) is 1. The summed E-state index contributed by atoms with van der Waals surface area (Å²) in [5, 5.41) is 23.1. The van der Waals surface area contributed by atoms with Gasteiger partial charge >= 0.3 is 0 Å². The molecular weight excluding hydrogens is 412 g/mol. The third-order valence-corrected chi connectivity index (χ3v) is 5.58. The van der Waals surface area contributed by atoms with Crippen molar-refractivity contribution in [2.24, 2.45) is 0 Å². The summed E-state index contributed by atoms with van der Waals surface area (Å²) in [7, 11) is 2.10. The number of rotatable bonds is 5. The minimum absolute atomic E-state index is 0.216. The monoisotopic (exact) mass is 434 g/mol. The fourth-order valence-electron chi connectivity index (χ4n) is 3.59. The summed E-state index contributed by atoms with van der Waals surface area (Å²) in [4.78, 5) is 13.3. The zero-order valence-electron chi connectivity index (χ0n) is 17.2. The minimum atomic E-state index is 0.216. The maximum atomic E-state index is 10.6. The molecule has 0 amide bonds. The molecule has 2 heterocycles. The van der Waals surface area contributed by atoms with E-state index in [4.69, 9.17) is 16.9 Å². The maximum Gasteiger partial charge on any atom is 0.227 e. The quantitative estimate of drug-likeness (QED) is 0.625. The lowest BCUT2D eigenvalue weighted by molar-refractivity contribution is 0.311. The van der Waals surface area contributed by atoms with E-state index in [0.29, 0.717) is 28.8 Å². The Morgan fingerprint density at radius 3 is 2.71 bits per heavy atom. The van der Waals surface area contributed by atoms with Crippen LogP contribution in [0.5, 0.6) is 5.75 Å². The van der Waals surface area contributed by atoms with Crippen LogP contribution < -0.4 is 10.2 Å². The van der Waals surface area contributed by atoms with Gasteiger partial charge in [-0.3, -0.25) is 0 Å². The zero-order valence-corrected chi connectivity index (χ0v) is 18.0. The van der Waals surface area contributed by atoms with Gasteiger partial charge in [0.1, 0.15) is 5.75 Å². The second kappa shape index (κ2) is 9.21. The average molecular weight is 435 g/mol. The van der Waals surface area contributed by atoms with Gasteiger partial charge in [-0.2, -0.15) is 5.26 Å². The van der Waals surface area contributed by atoms with Gasteiger partial charge in [0, 0.05) is 43.5 Å². The minimum Gasteiger partial charge on any atom is -0.506 e. The lowest BCUT2D eigenvalue weighted by Gasteiger charge is -2.34. The second-order valence-corrected chi connectivity index (χ2v) is 7.95. The molecule has 0 unspecified atom stereocenters. The van der Waals surface area contributed by atoms with Gasteiger partial charge in [-0.1, -0.05) is 29.8 Å². The van der Waals surface area contributed by atoms with Gasteiger partial charge in [-0.05, 0) is 30.8 Å². The van der Waals surface area contributed by atoms with Crippen LogP contribution in [0, 0.1) is 11.3 Å². The summed E-state index contributed by atoms with van der Waals surface area (Å²) >= 11 is 6.34. The molecule has 31 heavy (non-hydrogen) atoms. The molecule has 1 aliphatic rings. The number of aromatic hydroxyl groups is 1. The number of piperazine rings is 1. The van der Waals surface area contributed by atoms with Crippen molar-refractivity contribution in [3.8, 4) is 23.1 Å². The SMILES string of the molecule is CN1CCN(c2ccc(Nc3ncc(Cl)c(-c4cccc(CC#N)c4)n3)cc2O)CC1. The van der Waals surface area contributed by atoms with E-state index < -0.39 is 0 Å². The number of aromatic nitrogens is 2. The van der Waals surface area contributed by atoms with Crippen molar-refractivity contribution in [2.75, 3.05) is 43.4 Å². The van der Waals surface area contributed by atoms with Crippen LogP contribution in [0.25, 0.3) is 11.3 Å². The molecule has 3 aromatic rings. The molecule has 0 aliphatic carbocycles. The Hall–Kier alpha value is -3.34. The fraction of sp³-hybridized carbons (Fsp3) is 0.261. The van der Waals surface area contributed by atoms with Crippen molar-refractivity contribution in [1.29, 1.82) is 5.26 Å². The zero-order chi connectivity index (χ0) is 21.8. The average Bonchev–Trinajstić information content (AvgIpc) is 2.76. The molecule has 0 bridgehead atoms. The van der Waals surface area contributed by atoms with Crippen LogP contribution in [0.4, 0.5) is 17.3 Å². The van der Waals surface area contributed by atoms with E-state index in [1.165, 1.54) is 0 Å². The summed E-state index contributed by atoms with van der Waals surface area (Å²) < 4.78 is 0. The smallest absolute Gasteiger partial charge is 0.227 e. The Morgan fingerprint density at radius 2 is 1.97 bits per heavy atom. The van der Waals surface area contributed by atoms with Gasteiger partial charge in [0.2, 0.25) is 5.95 Å². The van der Waals surface area contributed by atoms with Gasteiger partial charge in [-0.15, -0.1) is 0 Å². The van der Waals surface area contributed by atoms with Crippen molar-refractivity contribution in [3.05, 3.63) is 59.2 Å². The lowest BCUT2D eigenvalue weighted by Crippen LogP contribution is -2.44. The van der Waals surface area contributed by atoms with Crippen LogP contribution in [0.1, 0.15) is 5.56 Å². The number of benzene rings is 2. The van der Waals surface area contributed by atoms with E-state index in [1.54, 1.807) is 12.3 Å². The molecule has 0 spiro atoms. The summed E-state index contributed by atoms with van der Waals surface area (Å²) in [6.45, 7) is 3.70. The molecule has 0 atom stereocenters. The number of hydrogen-bond donors (Lipinski definition) is 2. The second-order valence-electron chi connectivity index (χ2n) is 7.54. The highest BCUT2D eigenvalue weighted by Gasteiger charge is 2.17. The summed E-state index contributed by atoms with van der Waals surface area (Å²) in [6, 6.07) is 15.2. The first-order valence-electron chi connectivity index (χ1n) is 10.1. The first-order valence-corrected chi connectivity index (χ1v) is 10.4. The molecule has 2 aromatic carbocycles. The summed E-state index contributed by atoms with van der Waals surface area (Å²) in [5.41, 5.74) is 3.80. The van der Waals surface area contributed by atoms with E-state index in [0.717, 1.165) is 43.0 Å². The molecular formula is C23H23ClN6O. The van der Waals surface area contributed by atoms with Crippen molar-refractivity contribution in [1.82, 2.24) is 14.9 Å². The molecule has 4 rings (SSSR count). The first kappa shape index (κ1) is 20.9.